The third-order valence-corrected chi connectivity index (χ3v) is 4.86. The molecule has 114 valence electrons. The van der Waals surface area contributed by atoms with Gasteiger partial charge >= 0.3 is 0 Å². The molecule has 1 aliphatic rings. The zero-order chi connectivity index (χ0) is 15.1. The van der Waals surface area contributed by atoms with Gasteiger partial charge in [0.25, 0.3) is 0 Å². The minimum absolute atomic E-state index is 0.0392. The third-order valence-electron chi connectivity index (χ3n) is 4.86. The minimum Gasteiger partial charge on any atom is -0.329 e. The van der Waals surface area contributed by atoms with Crippen molar-refractivity contribution in [3.63, 3.8) is 0 Å². The van der Waals surface area contributed by atoms with Crippen LogP contribution >= 0.6 is 0 Å². The highest BCUT2D eigenvalue weighted by atomic mass is 15.0. The summed E-state index contributed by atoms with van der Waals surface area (Å²) in [7, 11) is 0. The highest BCUT2D eigenvalue weighted by molar-refractivity contribution is 5.21. The Morgan fingerprint density at radius 1 is 1.33 bits per heavy atom. The molecule has 0 heterocycles. The van der Waals surface area contributed by atoms with Crippen molar-refractivity contribution >= 4 is 0 Å². The molecule has 3 N–H and O–H groups in total. The summed E-state index contributed by atoms with van der Waals surface area (Å²) in [4.78, 5) is 0. The van der Waals surface area contributed by atoms with Gasteiger partial charge in [-0.1, -0.05) is 49.6 Å². The molecule has 1 aliphatic carbocycles. The lowest BCUT2D eigenvalue weighted by Crippen LogP contribution is -2.56. The maximum Gasteiger partial charge on any atom is 0.0691 e. The molecule has 1 aromatic carbocycles. The van der Waals surface area contributed by atoms with Gasteiger partial charge < -0.3 is 5.73 Å². The summed E-state index contributed by atoms with van der Waals surface area (Å²) in [6.07, 6.45) is 12.4. The fourth-order valence-electron chi connectivity index (χ4n) is 3.49. The van der Waals surface area contributed by atoms with E-state index in [1.807, 2.05) is 0 Å². The van der Waals surface area contributed by atoms with Crippen LogP contribution in [0.25, 0.3) is 0 Å². The number of rotatable bonds is 6. The van der Waals surface area contributed by atoms with Crippen LogP contribution in [0, 0.1) is 12.3 Å². The van der Waals surface area contributed by atoms with Crippen molar-refractivity contribution in [3.05, 3.63) is 35.9 Å². The molecule has 2 rings (SSSR count). The molecule has 1 unspecified atom stereocenters. The van der Waals surface area contributed by atoms with Crippen LogP contribution in [-0.4, -0.2) is 18.1 Å². The van der Waals surface area contributed by atoms with Crippen molar-refractivity contribution in [2.45, 2.75) is 62.9 Å². The zero-order valence-corrected chi connectivity index (χ0v) is 13.1. The lowest BCUT2D eigenvalue weighted by molar-refractivity contribution is 0.209. The number of nitrogens with one attached hydrogen (secondary N) is 1. The number of benzene rings is 1. The molecule has 2 heteroatoms. The summed E-state index contributed by atoms with van der Waals surface area (Å²) >= 11 is 0. The van der Waals surface area contributed by atoms with Crippen molar-refractivity contribution in [2.75, 3.05) is 6.54 Å². The van der Waals surface area contributed by atoms with Gasteiger partial charge in [0.15, 0.2) is 0 Å². The lowest BCUT2D eigenvalue weighted by Gasteiger charge is -2.42. The van der Waals surface area contributed by atoms with Crippen molar-refractivity contribution < 1.29 is 0 Å². The van der Waals surface area contributed by atoms with E-state index in [0.717, 1.165) is 25.7 Å². The molecule has 0 aromatic heterocycles. The first-order chi connectivity index (χ1) is 10.2. The molecule has 1 atom stereocenters. The Kier molecular flexibility index (Phi) is 5.85. The van der Waals surface area contributed by atoms with Crippen molar-refractivity contribution in [3.8, 4) is 12.3 Å². The number of nitrogens with two attached hydrogens (primary N) is 1. The predicted octanol–water partition coefficient (Wildman–Crippen LogP) is 3.43. The largest absolute Gasteiger partial charge is 0.329 e. The lowest BCUT2D eigenvalue weighted by atomic mass is 9.73. The highest BCUT2D eigenvalue weighted by Crippen LogP contribution is 2.37. The molecule has 2 nitrogen and oxygen atoms in total. The molecule has 0 radical (unpaired) electrons. The van der Waals surface area contributed by atoms with Crippen LogP contribution in [0.2, 0.25) is 0 Å². The van der Waals surface area contributed by atoms with Gasteiger partial charge in [-0.05, 0) is 43.6 Å². The van der Waals surface area contributed by atoms with E-state index in [1.165, 1.54) is 18.4 Å². The molecule has 1 saturated carbocycles. The Bertz CT molecular complexity index is 452. The van der Waals surface area contributed by atoms with Crippen molar-refractivity contribution in [1.82, 2.24) is 5.32 Å². The molecule has 1 aromatic rings. The summed E-state index contributed by atoms with van der Waals surface area (Å²) in [5, 5.41) is 3.68. The quantitative estimate of drug-likeness (QED) is 0.785. The van der Waals surface area contributed by atoms with Gasteiger partial charge in [-0.25, -0.2) is 0 Å². The van der Waals surface area contributed by atoms with Crippen LogP contribution in [0.4, 0.5) is 0 Å². The Morgan fingerprint density at radius 3 is 2.52 bits per heavy atom. The van der Waals surface area contributed by atoms with Gasteiger partial charge in [-0.15, -0.1) is 6.42 Å². The van der Waals surface area contributed by atoms with E-state index >= 15 is 0 Å². The first kappa shape index (κ1) is 16.1. The van der Waals surface area contributed by atoms with Crippen LogP contribution in [0.5, 0.6) is 0 Å². The Labute approximate surface area is 129 Å². The first-order valence-corrected chi connectivity index (χ1v) is 8.22. The zero-order valence-electron chi connectivity index (χ0n) is 13.1. The first-order valence-electron chi connectivity index (χ1n) is 8.22. The Hall–Kier alpha value is -1.30. The molecule has 0 spiro atoms. The molecule has 1 fully saturated rings. The van der Waals surface area contributed by atoms with Gasteiger partial charge in [0.1, 0.15) is 0 Å². The topological polar surface area (TPSA) is 38.0 Å². The van der Waals surface area contributed by atoms with E-state index in [2.05, 4.69) is 48.5 Å². The van der Waals surface area contributed by atoms with E-state index in [4.69, 9.17) is 12.2 Å². The molecule has 0 saturated heterocycles. The second-order valence-corrected chi connectivity index (χ2v) is 6.32. The summed E-state index contributed by atoms with van der Waals surface area (Å²) in [5.74, 6) is 3.56. The monoisotopic (exact) mass is 284 g/mol. The van der Waals surface area contributed by atoms with E-state index in [-0.39, 0.29) is 11.6 Å². The molecule has 0 aliphatic heterocycles. The summed E-state index contributed by atoms with van der Waals surface area (Å²) in [6, 6.07) is 11.0. The van der Waals surface area contributed by atoms with Gasteiger partial charge in [-0.2, -0.15) is 0 Å². The molecular weight excluding hydrogens is 256 g/mol. The molecular formula is C19H28N2. The van der Waals surface area contributed by atoms with Crippen LogP contribution in [0.15, 0.2) is 30.3 Å². The highest BCUT2D eigenvalue weighted by Gasteiger charge is 2.35. The number of terminal acetylenes is 1. The second-order valence-electron chi connectivity index (χ2n) is 6.32. The van der Waals surface area contributed by atoms with Crippen molar-refractivity contribution in [1.29, 1.82) is 0 Å². The maximum absolute atomic E-state index is 6.09. The van der Waals surface area contributed by atoms with Crippen LogP contribution in [-0.2, 0) is 0 Å². The summed E-state index contributed by atoms with van der Waals surface area (Å²) in [6.45, 7) is 2.85. The van der Waals surface area contributed by atoms with Crippen molar-refractivity contribution in [2.24, 2.45) is 5.73 Å². The number of hydrogen-bond acceptors (Lipinski definition) is 2. The van der Waals surface area contributed by atoms with Gasteiger partial charge in [0, 0.05) is 12.1 Å². The fourth-order valence-corrected chi connectivity index (χ4v) is 3.49. The second kappa shape index (κ2) is 7.64. The van der Waals surface area contributed by atoms with Gasteiger partial charge in [0.05, 0.1) is 6.04 Å². The summed E-state index contributed by atoms with van der Waals surface area (Å²) < 4.78 is 0. The van der Waals surface area contributed by atoms with Gasteiger partial charge in [-0.3, -0.25) is 5.32 Å². The normalized spacial score (nSPS) is 27.0. The maximum atomic E-state index is 6.09. The van der Waals surface area contributed by atoms with Crippen LogP contribution in [0.3, 0.4) is 0 Å². The average molecular weight is 284 g/mol. The summed E-state index contributed by atoms with van der Waals surface area (Å²) in [5.41, 5.74) is 7.59. The van der Waals surface area contributed by atoms with Gasteiger partial charge in [0.2, 0.25) is 0 Å². The molecule has 21 heavy (non-hydrogen) atoms. The minimum atomic E-state index is 0.0392. The van der Waals surface area contributed by atoms with E-state index in [0.29, 0.717) is 12.5 Å². The smallest absolute Gasteiger partial charge is 0.0691 e. The van der Waals surface area contributed by atoms with Crippen LogP contribution < -0.4 is 11.1 Å². The van der Waals surface area contributed by atoms with E-state index in [9.17, 15) is 0 Å². The average Bonchev–Trinajstić information content (AvgIpc) is 2.56. The van der Waals surface area contributed by atoms with Crippen LogP contribution in [0.1, 0.15) is 56.9 Å². The SMILES string of the molecule is C#CC(CCC)NC1(CN)CCC(c2ccccc2)CC1. The molecule has 0 bridgehead atoms. The predicted molar refractivity (Wildman–Crippen MR) is 90.1 cm³/mol. The fraction of sp³-hybridized carbons (Fsp3) is 0.579. The van der Waals surface area contributed by atoms with E-state index < -0.39 is 0 Å². The standard InChI is InChI=1S/C19H28N2/c1-3-8-18(4-2)21-19(15-20)13-11-17(12-14-19)16-9-6-5-7-10-16/h2,5-7,9-10,17-18,21H,3,8,11-15,20H2,1H3. The Balaban J connectivity index is 1.97. The third kappa shape index (κ3) is 4.09. The Morgan fingerprint density at radius 2 is 2.00 bits per heavy atom. The number of hydrogen-bond donors (Lipinski definition) is 2. The molecule has 0 amide bonds. The van der Waals surface area contributed by atoms with E-state index in [1.54, 1.807) is 0 Å².